The minimum absolute atomic E-state index is 0.288. The summed E-state index contributed by atoms with van der Waals surface area (Å²) in [6.07, 6.45) is 3.19. The van der Waals surface area contributed by atoms with Crippen molar-refractivity contribution in [3.05, 3.63) is 59.1 Å². The summed E-state index contributed by atoms with van der Waals surface area (Å²) in [5.74, 6) is 0.690. The van der Waals surface area contributed by atoms with E-state index >= 15 is 0 Å². The SMILES string of the molecule is Fc1ccc(-c2[nH]ncc2Oc2cc(Br)ccn2)cc1. The third-order valence-electron chi connectivity index (χ3n) is 2.65. The van der Waals surface area contributed by atoms with Gasteiger partial charge >= 0.3 is 0 Å². The first-order valence-electron chi connectivity index (χ1n) is 5.81. The van der Waals surface area contributed by atoms with Crippen molar-refractivity contribution in [3.63, 3.8) is 0 Å². The molecule has 0 aliphatic heterocycles. The Bertz CT molecular complexity index is 727. The Labute approximate surface area is 122 Å². The van der Waals surface area contributed by atoms with Gasteiger partial charge in [0.05, 0.1) is 6.20 Å². The molecule has 0 atom stereocenters. The van der Waals surface area contributed by atoms with Crippen molar-refractivity contribution in [1.82, 2.24) is 15.2 Å². The van der Waals surface area contributed by atoms with Gasteiger partial charge in [-0.1, -0.05) is 15.9 Å². The average molecular weight is 334 g/mol. The number of hydrogen-bond donors (Lipinski definition) is 1. The van der Waals surface area contributed by atoms with Crippen LogP contribution < -0.4 is 4.74 Å². The molecule has 1 N–H and O–H groups in total. The van der Waals surface area contributed by atoms with Crippen LogP contribution in [0.2, 0.25) is 0 Å². The molecular weight excluding hydrogens is 325 g/mol. The average Bonchev–Trinajstić information content (AvgIpc) is 2.88. The fourth-order valence-electron chi connectivity index (χ4n) is 1.73. The molecule has 0 aliphatic carbocycles. The van der Waals surface area contributed by atoms with Crippen LogP contribution in [0.4, 0.5) is 4.39 Å². The summed E-state index contributed by atoms with van der Waals surface area (Å²) in [5.41, 5.74) is 1.46. The van der Waals surface area contributed by atoms with Crippen LogP contribution in [0.3, 0.4) is 0 Å². The van der Waals surface area contributed by atoms with Crippen LogP contribution in [-0.4, -0.2) is 15.2 Å². The lowest BCUT2D eigenvalue weighted by molar-refractivity contribution is 0.464. The van der Waals surface area contributed by atoms with E-state index in [4.69, 9.17) is 4.74 Å². The van der Waals surface area contributed by atoms with Crippen LogP contribution in [0, 0.1) is 5.82 Å². The van der Waals surface area contributed by atoms with Gasteiger partial charge in [0, 0.05) is 22.3 Å². The minimum atomic E-state index is -0.288. The number of halogens is 2. The van der Waals surface area contributed by atoms with E-state index in [1.165, 1.54) is 12.1 Å². The molecule has 0 aliphatic rings. The molecular formula is C14H9BrFN3O. The Morgan fingerprint density at radius 3 is 2.70 bits per heavy atom. The van der Waals surface area contributed by atoms with Crippen LogP contribution in [0.25, 0.3) is 11.3 Å². The largest absolute Gasteiger partial charge is 0.435 e. The highest BCUT2D eigenvalue weighted by Crippen LogP contribution is 2.31. The second-order valence-electron chi connectivity index (χ2n) is 4.03. The lowest BCUT2D eigenvalue weighted by Crippen LogP contribution is -1.89. The second kappa shape index (κ2) is 5.42. The molecule has 0 fully saturated rings. The monoisotopic (exact) mass is 333 g/mol. The minimum Gasteiger partial charge on any atom is -0.435 e. The smallest absolute Gasteiger partial charge is 0.220 e. The van der Waals surface area contributed by atoms with Crippen molar-refractivity contribution >= 4 is 15.9 Å². The number of nitrogens with zero attached hydrogens (tertiary/aromatic N) is 2. The van der Waals surface area contributed by atoms with Gasteiger partial charge < -0.3 is 4.74 Å². The Morgan fingerprint density at radius 1 is 1.15 bits per heavy atom. The molecule has 4 nitrogen and oxygen atoms in total. The van der Waals surface area contributed by atoms with Gasteiger partial charge in [0.15, 0.2) is 5.75 Å². The van der Waals surface area contributed by atoms with Crippen LogP contribution in [0.5, 0.6) is 11.6 Å². The summed E-state index contributed by atoms with van der Waals surface area (Å²) in [6.45, 7) is 0. The molecule has 0 radical (unpaired) electrons. The van der Waals surface area contributed by atoms with Crippen molar-refractivity contribution in [3.8, 4) is 22.9 Å². The van der Waals surface area contributed by atoms with Gasteiger partial charge in [-0.2, -0.15) is 5.10 Å². The molecule has 0 unspecified atom stereocenters. The Kier molecular flexibility index (Phi) is 3.47. The van der Waals surface area contributed by atoms with Gasteiger partial charge in [0.1, 0.15) is 11.5 Å². The van der Waals surface area contributed by atoms with Gasteiger partial charge in [0.2, 0.25) is 5.88 Å². The van der Waals surface area contributed by atoms with E-state index in [9.17, 15) is 4.39 Å². The highest BCUT2D eigenvalue weighted by Gasteiger charge is 2.10. The van der Waals surface area contributed by atoms with Crippen LogP contribution >= 0.6 is 15.9 Å². The maximum Gasteiger partial charge on any atom is 0.220 e. The first-order chi connectivity index (χ1) is 9.72. The number of aromatic nitrogens is 3. The molecule has 3 aromatic rings. The third-order valence-corrected chi connectivity index (χ3v) is 3.14. The molecule has 20 heavy (non-hydrogen) atoms. The van der Waals surface area contributed by atoms with Gasteiger partial charge in [-0.3, -0.25) is 5.10 Å². The van der Waals surface area contributed by atoms with E-state index in [1.807, 2.05) is 6.07 Å². The van der Waals surface area contributed by atoms with Crippen molar-refractivity contribution < 1.29 is 9.13 Å². The lowest BCUT2D eigenvalue weighted by atomic mass is 10.1. The molecule has 100 valence electrons. The van der Waals surface area contributed by atoms with Gasteiger partial charge in [0.25, 0.3) is 0 Å². The Hall–Kier alpha value is -2.21. The van der Waals surface area contributed by atoms with Gasteiger partial charge in [-0.15, -0.1) is 0 Å². The number of H-pyrrole nitrogens is 1. The fraction of sp³-hybridized carbons (Fsp3) is 0. The second-order valence-corrected chi connectivity index (χ2v) is 4.95. The van der Waals surface area contributed by atoms with Crippen LogP contribution in [0.15, 0.2) is 53.3 Å². The van der Waals surface area contributed by atoms with Crippen LogP contribution in [0.1, 0.15) is 0 Å². The van der Waals surface area contributed by atoms with Crippen molar-refractivity contribution in [1.29, 1.82) is 0 Å². The molecule has 0 amide bonds. The van der Waals surface area contributed by atoms with Crippen LogP contribution in [-0.2, 0) is 0 Å². The molecule has 0 saturated carbocycles. The van der Waals surface area contributed by atoms with Crippen molar-refractivity contribution in [2.24, 2.45) is 0 Å². The van der Waals surface area contributed by atoms with E-state index in [-0.39, 0.29) is 5.82 Å². The number of rotatable bonds is 3. The van der Waals surface area contributed by atoms with Gasteiger partial charge in [-0.05, 0) is 30.3 Å². The van der Waals surface area contributed by atoms with E-state index in [2.05, 4.69) is 31.1 Å². The van der Waals surface area contributed by atoms with E-state index < -0.39 is 0 Å². The Balaban J connectivity index is 1.92. The summed E-state index contributed by atoms with van der Waals surface area (Å²) < 4.78 is 19.5. The molecule has 0 spiro atoms. The van der Waals surface area contributed by atoms with Crippen molar-refractivity contribution in [2.45, 2.75) is 0 Å². The normalized spacial score (nSPS) is 10.5. The quantitative estimate of drug-likeness (QED) is 0.782. The summed E-state index contributed by atoms with van der Waals surface area (Å²) in [6, 6.07) is 9.65. The maximum absolute atomic E-state index is 12.9. The Morgan fingerprint density at radius 2 is 1.95 bits per heavy atom. The first kappa shape index (κ1) is 12.8. The molecule has 6 heteroatoms. The topological polar surface area (TPSA) is 50.8 Å². The summed E-state index contributed by atoms with van der Waals surface area (Å²) >= 11 is 3.35. The highest BCUT2D eigenvalue weighted by molar-refractivity contribution is 9.10. The number of hydrogen-bond acceptors (Lipinski definition) is 3. The molecule has 0 saturated heterocycles. The zero-order valence-electron chi connectivity index (χ0n) is 10.2. The zero-order chi connectivity index (χ0) is 13.9. The van der Waals surface area contributed by atoms with Gasteiger partial charge in [-0.25, -0.2) is 9.37 Å². The highest BCUT2D eigenvalue weighted by atomic mass is 79.9. The number of aromatic amines is 1. The molecule has 2 aromatic heterocycles. The number of nitrogens with one attached hydrogen (secondary N) is 1. The lowest BCUT2D eigenvalue weighted by Gasteiger charge is -2.05. The number of benzene rings is 1. The van der Waals surface area contributed by atoms with E-state index in [0.717, 1.165) is 10.0 Å². The van der Waals surface area contributed by atoms with Crippen molar-refractivity contribution in [2.75, 3.05) is 0 Å². The summed E-state index contributed by atoms with van der Waals surface area (Å²) in [5, 5.41) is 6.80. The summed E-state index contributed by atoms with van der Waals surface area (Å²) in [4.78, 5) is 4.11. The molecule has 3 rings (SSSR count). The summed E-state index contributed by atoms with van der Waals surface area (Å²) in [7, 11) is 0. The maximum atomic E-state index is 12.9. The molecule has 0 bridgehead atoms. The first-order valence-corrected chi connectivity index (χ1v) is 6.60. The predicted molar refractivity (Wildman–Crippen MR) is 76.0 cm³/mol. The molecule has 1 aromatic carbocycles. The zero-order valence-corrected chi connectivity index (χ0v) is 11.8. The standard InChI is InChI=1S/C14H9BrFN3O/c15-10-5-6-17-13(7-10)20-12-8-18-19-14(12)9-1-3-11(16)4-2-9/h1-8H,(H,18,19). The number of pyridine rings is 1. The number of ether oxygens (including phenoxy) is 1. The predicted octanol–water partition coefficient (Wildman–Crippen LogP) is 4.17. The third kappa shape index (κ3) is 2.70. The van der Waals surface area contributed by atoms with E-state index in [0.29, 0.717) is 17.3 Å². The fourth-order valence-corrected chi connectivity index (χ4v) is 2.04. The molecule has 2 heterocycles. The van der Waals surface area contributed by atoms with E-state index in [1.54, 1.807) is 30.6 Å².